The van der Waals surface area contributed by atoms with E-state index in [0.29, 0.717) is 5.69 Å². The molecule has 3 aromatic carbocycles. The molecule has 0 fully saturated rings. The fraction of sp³-hybridized carbons (Fsp3) is 0. The molecule has 1 heterocycles. The standard InChI is InChI=1S/C10H6F2N.2C5H5.Ti/c11-8-3-4-10(9(12)7-8)13-5-1-2-6-13;2*1-2-4-5-3-1;/h1-6H;2*1-5H;/q3*-1;+3. The number of nitrogens with zero attached hydrogens (tertiary/aromatic N) is 1. The Labute approximate surface area is 155 Å². The van der Waals surface area contributed by atoms with Crippen molar-refractivity contribution in [3.8, 4) is 5.69 Å². The van der Waals surface area contributed by atoms with Crippen LogP contribution in [0.2, 0.25) is 0 Å². The Balaban J connectivity index is 0.000000216. The van der Waals surface area contributed by atoms with E-state index in [4.69, 9.17) is 0 Å². The molecular weight excluding hydrogens is 340 g/mol. The molecule has 4 rings (SSSR count). The second-order valence-electron chi connectivity index (χ2n) is 4.52. The van der Waals surface area contributed by atoms with Crippen LogP contribution in [0.25, 0.3) is 5.69 Å². The van der Waals surface area contributed by atoms with Crippen LogP contribution in [0.4, 0.5) is 8.78 Å². The maximum atomic E-state index is 13.1. The molecular formula is C20H16F2NTi. The zero-order valence-electron chi connectivity index (χ0n) is 12.9. The average molecular weight is 356 g/mol. The first-order valence-corrected chi connectivity index (χ1v) is 7.11. The molecule has 0 aliphatic heterocycles. The smallest absolute Gasteiger partial charge is 0.375 e. The van der Waals surface area contributed by atoms with Gasteiger partial charge in [0.1, 0.15) is 0 Å². The molecule has 0 spiro atoms. The summed E-state index contributed by atoms with van der Waals surface area (Å²) in [5.74, 6) is -1.37. The SMILES string of the molecule is Fc1[c-]c(F)c(-n2cccc2)cc1.[Ti+3].c1cc[cH-]c1.c1cc[cH-]c1. The summed E-state index contributed by atoms with van der Waals surface area (Å²) in [5.41, 5.74) is 0.298. The van der Waals surface area contributed by atoms with Gasteiger partial charge in [0.05, 0.1) is 0 Å². The van der Waals surface area contributed by atoms with E-state index >= 15 is 0 Å². The molecule has 1 radical (unpaired) electrons. The minimum atomic E-state index is -0.687. The Bertz CT molecular complexity index is 684. The van der Waals surface area contributed by atoms with Crippen LogP contribution in [0.15, 0.2) is 97.3 Å². The van der Waals surface area contributed by atoms with Gasteiger partial charge in [-0.3, -0.25) is 0 Å². The molecule has 1 aromatic heterocycles. The van der Waals surface area contributed by atoms with Crippen LogP contribution in [-0.2, 0) is 21.7 Å². The van der Waals surface area contributed by atoms with Crippen LogP contribution in [0, 0.1) is 17.7 Å². The first-order chi connectivity index (χ1) is 11.3. The summed E-state index contributed by atoms with van der Waals surface area (Å²) >= 11 is 0. The predicted octanol–water partition coefficient (Wildman–Crippen LogP) is 5.36. The second-order valence-corrected chi connectivity index (χ2v) is 4.52. The van der Waals surface area contributed by atoms with Gasteiger partial charge in [0.2, 0.25) is 0 Å². The van der Waals surface area contributed by atoms with E-state index in [1.165, 1.54) is 12.1 Å². The summed E-state index contributed by atoms with van der Waals surface area (Å²) in [6.45, 7) is 0. The molecule has 0 aliphatic carbocycles. The number of hydrogen-bond acceptors (Lipinski definition) is 0. The van der Waals surface area contributed by atoms with Gasteiger partial charge in [-0.15, -0.1) is 18.2 Å². The van der Waals surface area contributed by atoms with Crippen molar-refractivity contribution in [2.75, 3.05) is 0 Å². The van der Waals surface area contributed by atoms with Gasteiger partial charge in [-0.1, -0.05) is 0 Å². The van der Waals surface area contributed by atoms with Crippen LogP contribution >= 0.6 is 0 Å². The summed E-state index contributed by atoms with van der Waals surface area (Å²) in [7, 11) is 0. The normalized spacial score (nSPS) is 8.92. The number of benzene rings is 1. The Kier molecular flexibility index (Phi) is 9.36. The van der Waals surface area contributed by atoms with Crippen molar-refractivity contribution >= 4 is 0 Å². The molecule has 0 N–H and O–H groups in total. The van der Waals surface area contributed by atoms with Gasteiger partial charge < -0.3 is 4.57 Å². The van der Waals surface area contributed by atoms with Crippen molar-refractivity contribution < 1.29 is 30.5 Å². The van der Waals surface area contributed by atoms with E-state index in [1.807, 2.05) is 66.7 Å². The third-order valence-corrected chi connectivity index (χ3v) is 2.84. The molecule has 0 bridgehead atoms. The first-order valence-electron chi connectivity index (χ1n) is 7.11. The van der Waals surface area contributed by atoms with Crippen molar-refractivity contribution in [1.29, 1.82) is 0 Å². The quantitative estimate of drug-likeness (QED) is 0.319. The fourth-order valence-electron chi connectivity index (χ4n) is 1.77. The molecule has 24 heavy (non-hydrogen) atoms. The largest absolute Gasteiger partial charge is 3.00 e. The van der Waals surface area contributed by atoms with Gasteiger partial charge in [-0.2, -0.15) is 36.4 Å². The fourth-order valence-corrected chi connectivity index (χ4v) is 1.77. The Hall–Kier alpha value is -2.23. The van der Waals surface area contributed by atoms with Gasteiger partial charge in [0.15, 0.2) is 0 Å². The third kappa shape index (κ3) is 6.90. The maximum Gasteiger partial charge on any atom is 3.00 e. The molecule has 4 aromatic rings. The Morgan fingerprint density at radius 2 is 1.25 bits per heavy atom. The average Bonchev–Trinajstić information content (AvgIpc) is 3.31. The van der Waals surface area contributed by atoms with Crippen molar-refractivity contribution in [2.24, 2.45) is 0 Å². The monoisotopic (exact) mass is 356 g/mol. The van der Waals surface area contributed by atoms with Crippen molar-refractivity contribution in [3.63, 3.8) is 0 Å². The number of rotatable bonds is 1. The molecule has 0 aliphatic rings. The predicted molar refractivity (Wildman–Crippen MR) is 88.6 cm³/mol. The van der Waals surface area contributed by atoms with Gasteiger partial charge in [0, 0.05) is 11.6 Å². The van der Waals surface area contributed by atoms with Gasteiger partial charge in [0.25, 0.3) is 0 Å². The molecule has 0 saturated carbocycles. The summed E-state index contributed by atoms with van der Waals surface area (Å²) < 4.78 is 27.1. The molecule has 0 amide bonds. The second kappa shape index (κ2) is 11.3. The maximum absolute atomic E-state index is 13.1. The zero-order valence-corrected chi connectivity index (χ0v) is 14.5. The van der Waals surface area contributed by atoms with Gasteiger partial charge >= 0.3 is 21.7 Å². The minimum Gasteiger partial charge on any atom is -0.375 e. The molecule has 4 heteroatoms. The Morgan fingerprint density at radius 1 is 0.750 bits per heavy atom. The third-order valence-electron chi connectivity index (χ3n) is 2.84. The number of aromatic nitrogens is 1. The van der Waals surface area contributed by atoms with Gasteiger partial charge in [-0.05, 0) is 30.2 Å². The summed E-state index contributed by atoms with van der Waals surface area (Å²) in [4.78, 5) is 0. The van der Waals surface area contributed by atoms with Crippen LogP contribution in [0.3, 0.4) is 0 Å². The van der Waals surface area contributed by atoms with Crippen molar-refractivity contribution in [1.82, 2.24) is 4.57 Å². The summed E-state index contributed by atoms with van der Waals surface area (Å²) in [5, 5.41) is 0. The molecule has 0 saturated heterocycles. The van der Waals surface area contributed by atoms with Crippen molar-refractivity contribution in [2.45, 2.75) is 0 Å². The Morgan fingerprint density at radius 3 is 1.62 bits per heavy atom. The zero-order chi connectivity index (χ0) is 16.3. The minimum absolute atomic E-state index is 0. The van der Waals surface area contributed by atoms with E-state index in [9.17, 15) is 8.78 Å². The summed E-state index contributed by atoms with van der Waals surface area (Å²) in [6.07, 6.45) is 3.37. The van der Waals surface area contributed by atoms with E-state index in [0.717, 1.165) is 0 Å². The van der Waals surface area contributed by atoms with Crippen LogP contribution in [0.5, 0.6) is 0 Å². The first kappa shape index (κ1) is 19.8. The molecule has 1 nitrogen and oxygen atoms in total. The van der Waals surface area contributed by atoms with E-state index in [2.05, 4.69) is 0 Å². The van der Waals surface area contributed by atoms with Crippen LogP contribution in [-0.4, -0.2) is 4.57 Å². The summed E-state index contributed by atoms with van der Waals surface area (Å²) in [6, 6.07) is 28.1. The molecule has 119 valence electrons. The van der Waals surface area contributed by atoms with Crippen molar-refractivity contribution in [3.05, 3.63) is 115 Å². The van der Waals surface area contributed by atoms with E-state index in [1.54, 1.807) is 29.1 Å². The molecule has 0 atom stereocenters. The topological polar surface area (TPSA) is 4.93 Å². The van der Waals surface area contributed by atoms with E-state index in [-0.39, 0.29) is 21.7 Å². The van der Waals surface area contributed by atoms with E-state index < -0.39 is 11.6 Å². The number of halogens is 2. The number of hydrogen-bond donors (Lipinski definition) is 0. The molecule has 0 unspecified atom stereocenters. The van der Waals surface area contributed by atoms with Crippen LogP contribution < -0.4 is 0 Å². The van der Waals surface area contributed by atoms with Gasteiger partial charge in [-0.25, -0.2) is 33.0 Å². The van der Waals surface area contributed by atoms with Crippen LogP contribution in [0.1, 0.15) is 0 Å².